The number of para-hydroxylation sites is 1. The second kappa shape index (κ2) is 9.29. The number of aromatic nitrogens is 3. The Kier molecular flexibility index (Phi) is 6.05. The molecular formula is C28H30N4O2. The highest BCUT2D eigenvalue weighted by molar-refractivity contribution is 5.82. The normalized spacial score (nSPS) is 14.8. The molecule has 1 saturated carbocycles. The molecule has 1 aliphatic rings. The second-order valence-corrected chi connectivity index (χ2v) is 9.05. The van der Waals surface area contributed by atoms with Gasteiger partial charge in [-0.3, -0.25) is 4.79 Å². The van der Waals surface area contributed by atoms with Gasteiger partial charge < -0.3 is 9.30 Å². The van der Waals surface area contributed by atoms with Crippen molar-refractivity contribution < 1.29 is 4.74 Å². The van der Waals surface area contributed by atoms with E-state index in [1.807, 2.05) is 42.5 Å². The highest BCUT2D eigenvalue weighted by Crippen LogP contribution is 2.32. The summed E-state index contributed by atoms with van der Waals surface area (Å²) >= 11 is 0. The third kappa shape index (κ3) is 4.04. The van der Waals surface area contributed by atoms with E-state index >= 15 is 0 Å². The van der Waals surface area contributed by atoms with Gasteiger partial charge in [0.25, 0.3) is 5.56 Å². The Morgan fingerprint density at radius 3 is 2.62 bits per heavy atom. The molecule has 1 aliphatic carbocycles. The third-order valence-corrected chi connectivity index (χ3v) is 6.84. The van der Waals surface area contributed by atoms with E-state index < -0.39 is 0 Å². The highest BCUT2D eigenvalue weighted by Gasteiger charge is 2.22. The lowest BCUT2D eigenvalue weighted by Gasteiger charge is -2.22. The molecule has 0 aliphatic heterocycles. The summed E-state index contributed by atoms with van der Waals surface area (Å²) in [5.74, 6) is 1.85. The van der Waals surface area contributed by atoms with Gasteiger partial charge in [0.05, 0.1) is 24.2 Å². The number of hydrogen-bond donors (Lipinski definition) is 0. The molecule has 2 aromatic heterocycles. The monoisotopic (exact) mass is 454 g/mol. The molecule has 34 heavy (non-hydrogen) atoms. The average Bonchev–Trinajstić information content (AvgIpc) is 3.16. The first-order valence-electron chi connectivity index (χ1n) is 12.0. The van der Waals surface area contributed by atoms with Crippen LogP contribution in [0, 0.1) is 13.8 Å². The molecule has 0 saturated heterocycles. The van der Waals surface area contributed by atoms with Crippen LogP contribution in [0.4, 0.5) is 0 Å². The molecule has 0 bridgehead atoms. The standard InChI is InChI=1S/C28H30N4O2/c1-19-16-22(20(2)31(19)23-12-9-13-24(17-23)34-3)18-29-32-27(21-10-5-4-6-11-21)30-26-15-8-7-14-25(26)28(32)33/h7-9,12-18,21H,4-6,10-11H2,1-3H3. The molecule has 1 fully saturated rings. The van der Waals surface area contributed by atoms with Gasteiger partial charge in [-0.1, -0.05) is 37.5 Å². The largest absolute Gasteiger partial charge is 0.497 e. The van der Waals surface area contributed by atoms with Gasteiger partial charge in [-0.15, -0.1) is 0 Å². The fourth-order valence-electron chi connectivity index (χ4n) is 5.06. The van der Waals surface area contributed by atoms with Crippen molar-refractivity contribution in [1.29, 1.82) is 0 Å². The number of nitrogens with zero attached hydrogens (tertiary/aromatic N) is 4. The van der Waals surface area contributed by atoms with Crippen molar-refractivity contribution >= 4 is 17.1 Å². The van der Waals surface area contributed by atoms with Gasteiger partial charge in [0, 0.05) is 34.6 Å². The van der Waals surface area contributed by atoms with Gasteiger partial charge in [0.1, 0.15) is 11.6 Å². The van der Waals surface area contributed by atoms with Crippen LogP contribution in [0.2, 0.25) is 0 Å². The van der Waals surface area contributed by atoms with Crippen molar-refractivity contribution in [1.82, 2.24) is 14.2 Å². The van der Waals surface area contributed by atoms with Crippen molar-refractivity contribution in [3.63, 3.8) is 0 Å². The summed E-state index contributed by atoms with van der Waals surface area (Å²) < 4.78 is 9.11. The lowest BCUT2D eigenvalue weighted by atomic mass is 9.88. The zero-order valence-electron chi connectivity index (χ0n) is 20.0. The van der Waals surface area contributed by atoms with E-state index in [1.165, 1.54) is 23.9 Å². The lowest BCUT2D eigenvalue weighted by Crippen LogP contribution is -2.25. The molecule has 0 unspecified atom stereocenters. The quantitative estimate of drug-likeness (QED) is 0.361. The van der Waals surface area contributed by atoms with Crippen molar-refractivity contribution in [2.45, 2.75) is 51.9 Å². The number of methoxy groups -OCH3 is 1. The Hall–Kier alpha value is -3.67. The van der Waals surface area contributed by atoms with E-state index in [9.17, 15) is 4.79 Å². The maximum absolute atomic E-state index is 13.5. The zero-order chi connectivity index (χ0) is 23.7. The molecular weight excluding hydrogens is 424 g/mol. The summed E-state index contributed by atoms with van der Waals surface area (Å²) in [5, 5.41) is 5.32. The predicted octanol–water partition coefficient (Wildman–Crippen LogP) is 5.74. The molecule has 0 atom stereocenters. The summed E-state index contributed by atoms with van der Waals surface area (Å²) in [4.78, 5) is 18.4. The minimum atomic E-state index is -0.107. The Labute approximate surface area is 199 Å². The zero-order valence-corrected chi connectivity index (χ0v) is 20.0. The Morgan fingerprint density at radius 1 is 1.03 bits per heavy atom. The van der Waals surface area contributed by atoms with Crippen LogP contribution in [0.1, 0.15) is 60.8 Å². The summed E-state index contributed by atoms with van der Waals surface area (Å²) in [5.41, 5.74) is 4.77. The predicted molar refractivity (Wildman–Crippen MR) is 137 cm³/mol. The van der Waals surface area contributed by atoms with Crippen molar-refractivity contribution in [3.05, 3.63) is 87.7 Å². The molecule has 2 heterocycles. The average molecular weight is 455 g/mol. The van der Waals surface area contributed by atoms with Gasteiger partial charge in [-0.05, 0) is 57.0 Å². The number of hydrogen-bond acceptors (Lipinski definition) is 4. The van der Waals surface area contributed by atoms with Crippen LogP contribution in [0.3, 0.4) is 0 Å². The van der Waals surface area contributed by atoms with E-state index in [4.69, 9.17) is 14.8 Å². The van der Waals surface area contributed by atoms with E-state index in [-0.39, 0.29) is 11.5 Å². The first-order chi connectivity index (χ1) is 16.6. The van der Waals surface area contributed by atoms with E-state index in [0.717, 1.165) is 52.6 Å². The van der Waals surface area contributed by atoms with Crippen molar-refractivity contribution in [2.75, 3.05) is 7.11 Å². The topological polar surface area (TPSA) is 61.4 Å². The molecule has 0 N–H and O–H groups in total. The minimum Gasteiger partial charge on any atom is -0.497 e. The smallest absolute Gasteiger partial charge is 0.282 e. The van der Waals surface area contributed by atoms with Gasteiger partial charge >= 0.3 is 0 Å². The summed E-state index contributed by atoms with van der Waals surface area (Å²) in [7, 11) is 1.67. The van der Waals surface area contributed by atoms with E-state index in [1.54, 1.807) is 13.3 Å². The number of fused-ring (bicyclic) bond motifs is 1. The first kappa shape index (κ1) is 22.1. The maximum Gasteiger partial charge on any atom is 0.282 e. The van der Waals surface area contributed by atoms with Crippen LogP contribution in [0.5, 0.6) is 5.75 Å². The molecule has 0 radical (unpaired) electrons. The highest BCUT2D eigenvalue weighted by atomic mass is 16.5. The van der Waals surface area contributed by atoms with Gasteiger partial charge in [-0.25, -0.2) is 4.98 Å². The molecule has 174 valence electrons. The first-order valence-corrected chi connectivity index (χ1v) is 12.0. The molecule has 6 heteroatoms. The number of rotatable bonds is 5. The van der Waals surface area contributed by atoms with Gasteiger partial charge in [-0.2, -0.15) is 9.78 Å². The molecule has 0 spiro atoms. The third-order valence-electron chi connectivity index (χ3n) is 6.84. The Balaban J connectivity index is 1.59. The van der Waals surface area contributed by atoms with Crippen LogP contribution in [-0.4, -0.2) is 27.6 Å². The van der Waals surface area contributed by atoms with Crippen molar-refractivity contribution in [2.24, 2.45) is 5.10 Å². The molecule has 2 aromatic carbocycles. The SMILES string of the molecule is COc1cccc(-n2c(C)cc(C=Nn3c(C4CCCCC4)nc4ccccc4c3=O)c2C)c1. The summed E-state index contributed by atoms with van der Waals surface area (Å²) in [6, 6.07) is 17.6. The van der Waals surface area contributed by atoms with E-state index in [0.29, 0.717) is 5.39 Å². The fraction of sp³-hybridized carbons (Fsp3) is 0.321. The minimum absolute atomic E-state index is 0.107. The van der Waals surface area contributed by atoms with Gasteiger partial charge in [0.2, 0.25) is 0 Å². The number of benzene rings is 2. The van der Waals surface area contributed by atoms with E-state index in [2.05, 4.69) is 30.5 Å². The molecule has 5 rings (SSSR count). The number of aryl methyl sites for hydroxylation is 1. The lowest BCUT2D eigenvalue weighted by molar-refractivity contribution is 0.414. The molecule has 6 nitrogen and oxygen atoms in total. The summed E-state index contributed by atoms with van der Waals surface area (Å²) in [6.07, 6.45) is 7.46. The van der Waals surface area contributed by atoms with Crippen LogP contribution < -0.4 is 10.3 Å². The van der Waals surface area contributed by atoms with Crippen LogP contribution in [0.25, 0.3) is 16.6 Å². The molecule has 0 amide bonds. The summed E-state index contributed by atoms with van der Waals surface area (Å²) in [6.45, 7) is 4.14. The number of ether oxygens (including phenoxy) is 1. The second-order valence-electron chi connectivity index (χ2n) is 9.05. The Bertz CT molecular complexity index is 1420. The maximum atomic E-state index is 13.5. The van der Waals surface area contributed by atoms with Crippen LogP contribution in [-0.2, 0) is 0 Å². The Morgan fingerprint density at radius 2 is 1.82 bits per heavy atom. The van der Waals surface area contributed by atoms with Crippen LogP contribution in [0.15, 0.2) is 64.5 Å². The fourth-order valence-corrected chi connectivity index (χ4v) is 5.06. The van der Waals surface area contributed by atoms with Crippen LogP contribution >= 0.6 is 0 Å². The van der Waals surface area contributed by atoms with Gasteiger partial charge in [0.15, 0.2) is 0 Å². The van der Waals surface area contributed by atoms with Crippen molar-refractivity contribution in [3.8, 4) is 11.4 Å². The molecule has 4 aromatic rings.